The second kappa shape index (κ2) is 4.94. The molecule has 1 aromatic rings. The molecule has 0 N–H and O–H groups in total. The fourth-order valence-corrected chi connectivity index (χ4v) is 1.89. The maximum atomic E-state index is 12.9. The van der Waals surface area contributed by atoms with Crippen molar-refractivity contribution in [2.75, 3.05) is 13.2 Å². The molecule has 0 spiro atoms. The smallest absolute Gasteiger partial charge is 0.175 e. The van der Waals surface area contributed by atoms with E-state index in [0.29, 0.717) is 6.61 Å². The van der Waals surface area contributed by atoms with Gasteiger partial charge in [-0.05, 0) is 18.2 Å². The van der Waals surface area contributed by atoms with Crippen molar-refractivity contribution < 1.29 is 18.7 Å². The molecule has 0 bridgehead atoms. The number of ketones is 2. The molecular formula is C12H10ClFO3. The Kier molecular flexibility index (Phi) is 3.54. The van der Waals surface area contributed by atoms with Gasteiger partial charge in [-0.2, -0.15) is 0 Å². The first-order valence-electron chi connectivity index (χ1n) is 5.19. The lowest BCUT2D eigenvalue weighted by atomic mass is 9.91. The number of benzene rings is 1. The Morgan fingerprint density at radius 1 is 1.47 bits per heavy atom. The number of carbonyl (C=O) groups excluding carboxylic acids is 2. The molecule has 1 aliphatic rings. The van der Waals surface area contributed by atoms with E-state index in [-0.39, 0.29) is 35.2 Å². The number of hydrogen-bond acceptors (Lipinski definition) is 3. The third-order valence-corrected chi connectivity index (χ3v) is 2.98. The summed E-state index contributed by atoms with van der Waals surface area (Å²) in [4.78, 5) is 23.5. The van der Waals surface area contributed by atoms with Crippen LogP contribution in [0.5, 0.6) is 0 Å². The molecule has 0 aromatic heterocycles. The van der Waals surface area contributed by atoms with Gasteiger partial charge in [0.1, 0.15) is 17.5 Å². The van der Waals surface area contributed by atoms with Crippen molar-refractivity contribution in [1.29, 1.82) is 0 Å². The van der Waals surface area contributed by atoms with Crippen LogP contribution in [0.4, 0.5) is 4.39 Å². The van der Waals surface area contributed by atoms with Crippen LogP contribution in [0.2, 0.25) is 5.02 Å². The number of halogens is 2. The van der Waals surface area contributed by atoms with Gasteiger partial charge in [0.25, 0.3) is 0 Å². The Morgan fingerprint density at radius 2 is 2.24 bits per heavy atom. The van der Waals surface area contributed by atoms with E-state index in [1.807, 2.05) is 0 Å². The van der Waals surface area contributed by atoms with Crippen LogP contribution in [-0.2, 0) is 9.53 Å². The Balaban J connectivity index is 2.24. The molecule has 1 aromatic carbocycles. The predicted octanol–water partition coefficient (Wildman–Crippen LogP) is 2.27. The predicted molar refractivity (Wildman–Crippen MR) is 59.7 cm³/mol. The Labute approximate surface area is 103 Å². The van der Waals surface area contributed by atoms with Gasteiger partial charge in [0, 0.05) is 12.0 Å². The maximum absolute atomic E-state index is 12.9. The van der Waals surface area contributed by atoms with Gasteiger partial charge in [-0.25, -0.2) is 4.39 Å². The highest BCUT2D eigenvalue weighted by atomic mass is 35.5. The molecule has 1 aliphatic heterocycles. The van der Waals surface area contributed by atoms with Crippen LogP contribution in [0.3, 0.4) is 0 Å². The molecule has 5 heteroatoms. The molecular weight excluding hydrogens is 247 g/mol. The maximum Gasteiger partial charge on any atom is 0.175 e. The minimum Gasteiger partial charge on any atom is -0.380 e. The summed E-state index contributed by atoms with van der Waals surface area (Å²) in [6, 6.07) is 3.68. The van der Waals surface area contributed by atoms with Crippen molar-refractivity contribution in [1.82, 2.24) is 0 Å². The molecule has 1 saturated heterocycles. The summed E-state index contributed by atoms with van der Waals surface area (Å²) in [6.07, 6.45) is 0.241. The van der Waals surface area contributed by atoms with Gasteiger partial charge < -0.3 is 4.74 Å². The van der Waals surface area contributed by atoms with Crippen molar-refractivity contribution >= 4 is 23.2 Å². The van der Waals surface area contributed by atoms with E-state index in [1.165, 1.54) is 12.1 Å². The van der Waals surface area contributed by atoms with Crippen molar-refractivity contribution in [3.05, 3.63) is 34.6 Å². The molecule has 2 rings (SSSR count). The fourth-order valence-electron chi connectivity index (χ4n) is 1.71. The lowest BCUT2D eigenvalue weighted by molar-refractivity contribution is -0.128. The zero-order chi connectivity index (χ0) is 12.4. The minimum atomic E-state index is -0.787. The van der Waals surface area contributed by atoms with Crippen LogP contribution in [0.1, 0.15) is 16.8 Å². The first kappa shape index (κ1) is 12.2. The zero-order valence-corrected chi connectivity index (χ0v) is 9.67. The molecule has 0 aliphatic carbocycles. The van der Waals surface area contributed by atoms with Crippen LogP contribution in [0, 0.1) is 11.7 Å². The molecule has 1 heterocycles. The second-order valence-corrected chi connectivity index (χ2v) is 4.24. The topological polar surface area (TPSA) is 43.4 Å². The van der Waals surface area contributed by atoms with Crippen LogP contribution < -0.4 is 0 Å². The molecule has 17 heavy (non-hydrogen) atoms. The monoisotopic (exact) mass is 256 g/mol. The Hall–Kier alpha value is -1.26. The third-order valence-electron chi connectivity index (χ3n) is 2.69. The summed E-state index contributed by atoms with van der Waals surface area (Å²) in [5.74, 6) is -1.88. The third kappa shape index (κ3) is 2.53. The lowest BCUT2D eigenvalue weighted by Crippen LogP contribution is -2.33. The number of hydrogen-bond donors (Lipinski definition) is 0. The SMILES string of the molecule is O=C1CCOCC1C(=O)c1ccc(F)c(Cl)c1. The summed E-state index contributed by atoms with van der Waals surface area (Å²) in [7, 11) is 0. The molecule has 90 valence electrons. The summed E-state index contributed by atoms with van der Waals surface area (Å²) < 4.78 is 18.0. The highest BCUT2D eigenvalue weighted by molar-refractivity contribution is 6.31. The number of ether oxygens (including phenoxy) is 1. The summed E-state index contributed by atoms with van der Waals surface area (Å²) >= 11 is 5.59. The lowest BCUT2D eigenvalue weighted by Gasteiger charge is -2.19. The van der Waals surface area contributed by atoms with Gasteiger partial charge in [-0.1, -0.05) is 11.6 Å². The van der Waals surface area contributed by atoms with Gasteiger partial charge in [-0.3, -0.25) is 9.59 Å². The van der Waals surface area contributed by atoms with Gasteiger partial charge in [-0.15, -0.1) is 0 Å². The zero-order valence-electron chi connectivity index (χ0n) is 8.91. The van der Waals surface area contributed by atoms with E-state index in [2.05, 4.69) is 0 Å². The van der Waals surface area contributed by atoms with E-state index in [1.54, 1.807) is 0 Å². The van der Waals surface area contributed by atoms with E-state index >= 15 is 0 Å². The summed E-state index contributed by atoms with van der Waals surface area (Å²) in [5.41, 5.74) is 0.236. The molecule has 0 amide bonds. The average molecular weight is 257 g/mol. The normalized spacial score (nSPS) is 20.4. The second-order valence-electron chi connectivity index (χ2n) is 3.84. The summed E-state index contributed by atoms with van der Waals surface area (Å²) in [6.45, 7) is 0.444. The minimum absolute atomic E-state index is 0.0899. The van der Waals surface area contributed by atoms with Crippen molar-refractivity contribution in [2.24, 2.45) is 5.92 Å². The molecule has 1 atom stereocenters. The number of Topliss-reactive ketones (excluding diaryl/α,β-unsaturated/α-hetero) is 2. The van der Waals surface area contributed by atoms with Gasteiger partial charge >= 0.3 is 0 Å². The van der Waals surface area contributed by atoms with Gasteiger partial charge in [0.05, 0.1) is 18.2 Å². The fraction of sp³-hybridized carbons (Fsp3) is 0.333. The van der Waals surface area contributed by atoms with Crippen molar-refractivity contribution in [2.45, 2.75) is 6.42 Å². The highest BCUT2D eigenvalue weighted by Gasteiger charge is 2.30. The van der Waals surface area contributed by atoms with Crippen molar-refractivity contribution in [3.63, 3.8) is 0 Å². The first-order valence-corrected chi connectivity index (χ1v) is 5.57. The van der Waals surface area contributed by atoms with Gasteiger partial charge in [0.2, 0.25) is 0 Å². The van der Waals surface area contributed by atoms with E-state index in [4.69, 9.17) is 16.3 Å². The van der Waals surface area contributed by atoms with E-state index in [9.17, 15) is 14.0 Å². The first-order chi connectivity index (χ1) is 8.09. The van der Waals surface area contributed by atoms with E-state index in [0.717, 1.165) is 6.07 Å². The molecule has 0 radical (unpaired) electrons. The highest BCUT2D eigenvalue weighted by Crippen LogP contribution is 2.21. The van der Waals surface area contributed by atoms with Crippen LogP contribution >= 0.6 is 11.6 Å². The molecule has 1 unspecified atom stereocenters. The van der Waals surface area contributed by atoms with Crippen LogP contribution in [0.15, 0.2) is 18.2 Å². The number of carbonyl (C=O) groups is 2. The molecule has 3 nitrogen and oxygen atoms in total. The standard InChI is InChI=1S/C12H10ClFO3/c13-9-5-7(1-2-10(9)14)12(16)8-6-17-4-3-11(8)15/h1-2,5,8H,3-4,6H2. The summed E-state index contributed by atoms with van der Waals surface area (Å²) in [5, 5.41) is -0.125. The van der Waals surface area contributed by atoms with E-state index < -0.39 is 11.7 Å². The van der Waals surface area contributed by atoms with Crippen molar-refractivity contribution in [3.8, 4) is 0 Å². The molecule has 0 saturated carbocycles. The quantitative estimate of drug-likeness (QED) is 0.602. The Bertz CT molecular complexity index is 473. The Morgan fingerprint density at radius 3 is 2.88 bits per heavy atom. The van der Waals surface area contributed by atoms with Crippen LogP contribution in [0.25, 0.3) is 0 Å². The largest absolute Gasteiger partial charge is 0.380 e. The average Bonchev–Trinajstić information content (AvgIpc) is 2.32. The van der Waals surface area contributed by atoms with Crippen LogP contribution in [-0.4, -0.2) is 24.8 Å². The molecule has 1 fully saturated rings. The number of rotatable bonds is 2. The van der Waals surface area contributed by atoms with Gasteiger partial charge in [0.15, 0.2) is 5.78 Å².